The van der Waals surface area contributed by atoms with Crippen molar-refractivity contribution >= 4 is 0 Å². The van der Waals surface area contributed by atoms with E-state index in [1.54, 1.807) is 0 Å². The van der Waals surface area contributed by atoms with Crippen LogP contribution in [0.15, 0.2) is 23.4 Å². The van der Waals surface area contributed by atoms with Crippen LogP contribution in [0.3, 0.4) is 0 Å². The predicted octanol–water partition coefficient (Wildman–Crippen LogP) is 2.02. The van der Waals surface area contributed by atoms with E-state index in [2.05, 4.69) is 0 Å². The van der Waals surface area contributed by atoms with E-state index in [9.17, 15) is 4.91 Å². The zero-order valence-electron chi connectivity index (χ0n) is 6.59. The average molecular weight is 138 g/mol. The molecule has 0 radical (unpaired) electrons. The molecule has 10 heavy (non-hydrogen) atoms. The first-order chi connectivity index (χ1) is 4.61. The molecule has 0 N–H and O–H groups in total. The molecule has 0 aromatic heterocycles. The molecule has 0 amide bonds. The van der Waals surface area contributed by atoms with Crippen LogP contribution in [-0.2, 0) is 0 Å². The molecule has 1 rings (SSSR count). The summed E-state index contributed by atoms with van der Waals surface area (Å²) in [6.45, 7) is 5.74. The molecule has 0 aromatic carbocycles. The molecule has 1 aliphatic rings. The summed E-state index contributed by atoms with van der Waals surface area (Å²) in [6, 6.07) is 0.00463. The molecule has 2 heteroatoms. The van der Waals surface area contributed by atoms with Gasteiger partial charge in [0.1, 0.15) is 0 Å². The lowest BCUT2D eigenvalue weighted by atomic mass is 10.1. The molecular formula is C8H12NO+. The SMILES string of the molecule is CC1=CC(C)[N+](=O)C(C)=C1. The minimum absolute atomic E-state index is 0.00463. The average Bonchev–Trinajstić information content (AvgIpc) is 1.82. The Morgan fingerprint density at radius 2 is 2.10 bits per heavy atom. The van der Waals surface area contributed by atoms with Gasteiger partial charge in [-0.15, -0.1) is 0 Å². The van der Waals surface area contributed by atoms with Gasteiger partial charge in [0.25, 0.3) is 0 Å². The molecule has 1 unspecified atom stereocenters. The third kappa shape index (κ3) is 1.15. The number of nitroso groups, excluding NO2 is 1. The quantitative estimate of drug-likeness (QED) is 0.469. The van der Waals surface area contributed by atoms with Gasteiger partial charge >= 0.3 is 0 Å². The predicted molar refractivity (Wildman–Crippen MR) is 40.6 cm³/mol. The number of nitrogens with zero attached hydrogens (tertiary/aromatic N) is 1. The Hall–Kier alpha value is -0.920. The molecular weight excluding hydrogens is 126 g/mol. The van der Waals surface area contributed by atoms with Gasteiger partial charge in [0, 0.05) is 29.6 Å². The molecule has 0 fully saturated rings. The summed E-state index contributed by atoms with van der Waals surface area (Å²) in [5.41, 5.74) is 1.98. The molecule has 2 nitrogen and oxygen atoms in total. The monoisotopic (exact) mass is 138 g/mol. The third-order valence-corrected chi connectivity index (χ3v) is 1.66. The normalized spacial score (nSPS) is 25.9. The van der Waals surface area contributed by atoms with Gasteiger partial charge in [-0.25, -0.2) is 0 Å². The van der Waals surface area contributed by atoms with Crippen molar-refractivity contribution < 1.29 is 4.76 Å². The molecule has 0 saturated heterocycles. The van der Waals surface area contributed by atoms with Crippen LogP contribution in [0.1, 0.15) is 20.8 Å². The van der Waals surface area contributed by atoms with Crippen LogP contribution in [0.5, 0.6) is 0 Å². The molecule has 54 valence electrons. The van der Waals surface area contributed by atoms with E-state index >= 15 is 0 Å². The highest BCUT2D eigenvalue weighted by Crippen LogP contribution is 2.13. The standard InChI is InChI=1S/C8H12NO/c1-6-4-7(2)9(10)8(3)5-6/h4-5,7H,1-3H3/q+1. The summed E-state index contributed by atoms with van der Waals surface area (Å²) in [7, 11) is 0. The van der Waals surface area contributed by atoms with Gasteiger partial charge in [-0.05, 0) is 18.6 Å². The molecule has 0 aromatic rings. The molecule has 1 aliphatic heterocycles. The van der Waals surface area contributed by atoms with Gasteiger partial charge in [0.05, 0.1) is 0 Å². The fourth-order valence-corrected chi connectivity index (χ4v) is 1.21. The largest absolute Gasteiger partial charge is 0.230 e. The van der Waals surface area contributed by atoms with E-state index in [1.807, 2.05) is 32.9 Å². The van der Waals surface area contributed by atoms with Gasteiger partial charge < -0.3 is 0 Å². The van der Waals surface area contributed by atoms with Crippen molar-refractivity contribution in [2.24, 2.45) is 0 Å². The Labute approximate surface area is 60.8 Å². The lowest BCUT2D eigenvalue weighted by Gasteiger charge is -2.04. The zero-order chi connectivity index (χ0) is 7.72. The second-order valence-corrected chi connectivity index (χ2v) is 2.76. The van der Waals surface area contributed by atoms with Crippen LogP contribution in [0.2, 0.25) is 0 Å². The molecule has 0 saturated carbocycles. The first kappa shape index (κ1) is 7.19. The highest BCUT2D eigenvalue weighted by Gasteiger charge is 2.23. The lowest BCUT2D eigenvalue weighted by molar-refractivity contribution is -0.524. The Balaban J connectivity index is 2.95. The number of rotatable bonds is 0. The topological polar surface area (TPSA) is 20.1 Å². The van der Waals surface area contributed by atoms with E-state index in [1.165, 1.54) is 5.57 Å². The second kappa shape index (κ2) is 2.37. The third-order valence-electron chi connectivity index (χ3n) is 1.66. The lowest BCUT2D eigenvalue weighted by Crippen LogP contribution is -2.19. The maximum absolute atomic E-state index is 11.1. The minimum Gasteiger partial charge on any atom is -0.0421 e. The zero-order valence-corrected chi connectivity index (χ0v) is 6.59. The van der Waals surface area contributed by atoms with Crippen molar-refractivity contribution in [2.45, 2.75) is 26.8 Å². The molecule has 1 atom stereocenters. The van der Waals surface area contributed by atoms with Crippen LogP contribution >= 0.6 is 0 Å². The van der Waals surface area contributed by atoms with Crippen LogP contribution in [0.4, 0.5) is 0 Å². The van der Waals surface area contributed by atoms with Gasteiger partial charge in [-0.3, -0.25) is 0 Å². The first-order valence-electron chi connectivity index (χ1n) is 3.44. The van der Waals surface area contributed by atoms with Crippen LogP contribution in [-0.4, -0.2) is 10.8 Å². The van der Waals surface area contributed by atoms with Crippen molar-refractivity contribution in [1.82, 2.24) is 0 Å². The van der Waals surface area contributed by atoms with Gasteiger partial charge in [0.15, 0.2) is 0 Å². The highest BCUT2D eigenvalue weighted by molar-refractivity contribution is 5.21. The Bertz CT molecular complexity index is 225. The van der Waals surface area contributed by atoms with Crippen molar-refractivity contribution in [3.8, 4) is 0 Å². The smallest absolute Gasteiger partial charge is 0.0421 e. The maximum Gasteiger partial charge on any atom is 0.230 e. The molecule has 0 aliphatic carbocycles. The molecule has 1 heterocycles. The van der Waals surface area contributed by atoms with Crippen LogP contribution < -0.4 is 0 Å². The summed E-state index contributed by atoms with van der Waals surface area (Å²) in [5.74, 6) is 0. The van der Waals surface area contributed by atoms with Crippen molar-refractivity contribution in [1.29, 1.82) is 0 Å². The summed E-state index contributed by atoms with van der Waals surface area (Å²) >= 11 is 0. The second-order valence-electron chi connectivity index (χ2n) is 2.76. The van der Waals surface area contributed by atoms with Crippen molar-refractivity contribution in [2.75, 3.05) is 0 Å². The van der Waals surface area contributed by atoms with Gasteiger partial charge in [0.2, 0.25) is 11.7 Å². The number of hydrogen-bond donors (Lipinski definition) is 0. The minimum atomic E-state index is 0.00463. The highest BCUT2D eigenvalue weighted by atomic mass is 16.3. The fourth-order valence-electron chi connectivity index (χ4n) is 1.21. The Morgan fingerprint density at radius 1 is 1.50 bits per heavy atom. The molecule has 0 bridgehead atoms. The first-order valence-corrected chi connectivity index (χ1v) is 3.44. The van der Waals surface area contributed by atoms with E-state index in [0.717, 1.165) is 10.5 Å². The number of hydrogen-bond acceptors (Lipinski definition) is 1. The van der Waals surface area contributed by atoms with Crippen molar-refractivity contribution in [3.05, 3.63) is 28.3 Å². The van der Waals surface area contributed by atoms with Crippen LogP contribution in [0.25, 0.3) is 0 Å². The Kier molecular flexibility index (Phi) is 1.70. The Morgan fingerprint density at radius 3 is 2.60 bits per heavy atom. The van der Waals surface area contributed by atoms with Gasteiger partial charge in [-0.1, -0.05) is 0 Å². The van der Waals surface area contributed by atoms with Crippen LogP contribution in [0, 0.1) is 4.91 Å². The maximum atomic E-state index is 11.1. The van der Waals surface area contributed by atoms with Gasteiger partial charge in [-0.2, -0.15) is 0 Å². The number of allylic oxidation sites excluding steroid dienone is 3. The van der Waals surface area contributed by atoms with E-state index in [0.29, 0.717) is 0 Å². The van der Waals surface area contributed by atoms with E-state index in [4.69, 9.17) is 0 Å². The summed E-state index contributed by atoms with van der Waals surface area (Å²) in [5, 5.41) is 0. The van der Waals surface area contributed by atoms with Crippen molar-refractivity contribution in [3.63, 3.8) is 0 Å². The summed E-state index contributed by atoms with van der Waals surface area (Å²) < 4.78 is 1.02. The fraction of sp³-hybridized carbons (Fsp3) is 0.500. The summed E-state index contributed by atoms with van der Waals surface area (Å²) in [6.07, 6.45) is 3.85. The van der Waals surface area contributed by atoms with E-state index < -0.39 is 0 Å². The van der Waals surface area contributed by atoms with E-state index in [-0.39, 0.29) is 6.04 Å². The summed E-state index contributed by atoms with van der Waals surface area (Å²) in [4.78, 5) is 11.1. The molecule has 0 spiro atoms.